The molecule has 39 heavy (non-hydrogen) atoms. The molecule has 0 spiro atoms. The number of rotatable bonds is 15. The summed E-state index contributed by atoms with van der Waals surface area (Å²) in [5.74, 6) is -5.44. The molecule has 0 radical (unpaired) electrons. The Hall–Kier alpha value is -2.62. The monoisotopic (exact) mass is 538 g/mol. The molecule has 0 saturated carbocycles. The first-order valence-electron chi connectivity index (χ1n) is 15.0. The fourth-order valence-electron chi connectivity index (χ4n) is 6.52. The van der Waals surface area contributed by atoms with Crippen molar-refractivity contribution in [3.8, 4) is 22.3 Å². The van der Waals surface area contributed by atoms with Gasteiger partial charge in [0.1, 0.15) is 0 Å². The molecule has 0 aromatic heterocycles. The van der Waals surface area contributed by atoms with Crippen LogP contribution in [0.5, 0.6) is 0 Å². The second-order valence-corrected chi connectivity index (χ2v) is 11.3. The second-order valence-electron chi connectivity index (χ2n) is 11.3. The van der Waals surface area contributed by atoms with Crippen molar-refractivity contribution in [2.75, 3.05) is 0 Å². The van der Waals surface area contributed by atoms with Gasteiger partial charge >= 0.3 is 0 Å². The Morgan fingerprint density at radius 1 is 0.538 bits per heavy atom. The number of benzene rings is 3. The summed E-state index contributed by atoms with van der Waals surface area (Å²) in [6.07, 6.45) is 16.1. The molecular formula is C35H42F4. The van der Waals surface area contributed by atoms with Gasteiger partial charge in [0, 0.05) is 11.5 Å². The van der Waals surface area contributed by atoms with Gasteiger partial charge in [0.25, 0.3) is 0 Å². The van der Waals surface area contributed by atoms with E-state index in [0.29, 0.717) is 0 Å². The minimum absolute atomic E-state index is 0.185. The fraction of sp³-hybridized carbons (Fsp3) is 0.486. The van der Waals surface area contributed by atoms with Crippen LogP contribution in [0.1, 0.15) is 115 Å². The zero-order valence-corrected chi connectivity index (χ0v) is 23.5. The van der Waals surface area contributed by atoms with Crippen molar-refractivity contribution in [2.45, 2.75) is 109 Å². The van der Waals surface area contributed by atoms with Crippen molar-refractivity contribution in [1.29, 1.82) is 0 Å². The minimum atomic E-state index is -1.38. The Labute approximate surface area is 231 Å². The summed E-state index contributed by atoms with van der Waals surface area (Å²) in [7, 11) is 0. The molecule has 0 fully saturated rings. The van der Waals surface area contributed by atoms with Gasteiger partial charge in [-0.05, 0) is 46.7 Å². The van der Waals surface area contributed by atoms with Gasteiger partial charge in [-0.25, -0.2) is 17.6 Å². The van der Waals surface area contributed by atoms with Gasteiger partial charge in [-0.1, -0.05) is 127 Å². The van der Waals surface area contributed by atoms with E-state index in [4.69, 9.17) is 0 Å². The van der Waals surface area contributed by atoms with Crippen LogP contribution in [0.4, 0.5) is 17.6 Å². The van der Waals surface area contributed by atoms with Gasteiger partial charge in [0.15, 0.2) is 23.3 Å². The van der Waals surface area contributed by atoms with Crippen molar-refractivity contribution in [3.63, 3.8) is 0 Å². The number of unbranched alkanes of at least 4 members (excludes halogenated alkanes) is 10. The third-order valence-corrected chi connectivity index (χ3v) is 8.58. The molecule has 0 bridgehead atoms. The Balaban J connectivity index is 1.75. The molecule has 0 N–H and O–H groups in total. The van der Waals surface area contributed by atoms with Gasteiger partial charge in [-0.15, -0.1) is 0 Å². The van der Waals surface area contributed by atoms with E-state index < -0.39 is 28.8 Å². The van der Waals surface area contributed by atoms with Crippen molar-refractivity contribution < 1.29 is 17.6 Å². The zero-order valence-electron chi connectivity index (χ0n) is 23.5. The maximum absolute atomic E-state index is 14.9. The molecular weight excluding hydrogens is 496 g/mol. The molecule has 3 aromatic carbocycles. The molecule has 0 heterocycles. The second kappa shape index (κ2) is 13.6. The number of hydrogen-bond acceptors (Lipinski definition) is 0. The molecule has 4 rings (SSSR count). The topological polar surface area (TPSA) is 0 Å². The van der Waals surface area contributed by atoms with Crippen LogP contribution < -0.4 is 0 Å². The van der Waals surface area contributed by atoms with Crippen molar-refractivity contribution in [3.05, 3.63) is 82.9 Å². The lowest BCUT2D eigenvalue weighted by atomic mass is 9.70. The summed E-state index contributed by atoms with van der Waals surface area (Å²) in [5, 5.41) is 0. The van der Waals surface area contributed by atoms with Crippen LogP contribution in [0.25, 0.3) is 22.3 Å². The first-order valence-corrected chi connectivity index (χ1v) is 15.0. The van der Waals surface area contributed by atoms with Gasteiger partial charge in [-0.2, -0.15) is 0 Å². The normalized spacial score (nSPS) is 13.5. The fourth-order valence-corrected chi connectivity index (χ4v) is 6.52. The highest BCUT2D eigenvalue weighted by molar-refractivity contribution is 5.84. The summed E-state index contributed by atoms with van der Waals surface area (Å²) in [6.45, 7) is 4.44. The van der Waals surface area contributed by atoms with Crippen LogP contribution in [0.2, 0.25) is 0 Å². The number of halogens is 4. The predicted octanol–water partition coefficient (Wildman–Crippen LogP) is 11.7. The quantitative estimate of drug-likeness (QED) is 0.103. The van der Waals surface area contributed by atoms with E-state index in [2.05, 4.69) is 32.0 Å². The number of hydrogen-bond donors (Lipinski definition) is 0. The SMILES string of the molecule is CCCCCCCCC1(CCCCCCCC)c2ccccc2-c2ccc(-c3c(F)c(F)cc(F)c3F)cc21. The average Bonchev–Trinajstić information content (AvgIpc) is 3.21. The molecule has 0 nitrogen and oxygen atoms in total. The Morgan fingerprint density at radius 2 is 1.05 bits per heavy atom. The van der Waals surface area contributed by atoms with Crippen LogP contribution in [0.3, 0.4) is 0 Å². The van der Waals surface area contributed by atoms with Crippen molar-refractivity contribution in [1.82, 2.24) is 0 Å². The highest BCUT2D eigenvalue weighted by Gasteiger charge is 2.42. The Morgan fingerprint density at radius 3 is 1.64 bits per heavy atom. The largest absolute Gasteiger partial charge is 0.204 e. The summed E-state index contributed by atoms with van der Waals surface area (Å²) < 4.78 is 58.0. The maximum Gasteiger partial charge on any atom is 0.169 e. The summed E-state index contributed by atoms with van der Waals surface area (Å²) in [6, 6.07) is 14.0. The average molecular weight is 539 g/mol. The number of fused-ring (bicyclic) bond motifs is 3. The molecule has 0 atom stereocenters. The molecule has 3 aromatic rings. The maximum atomic E-state index is 14.9. The highest BCUT2D eigenvalue weighted by atomic mass is 19.2. The summed E-state index contributed by atoms with van der Waals surface area (Å²) >= 11 is 0. The molecule has 1 aliphatic carbocycles. The van der Waals surface area contributed by atoms with Crippen LogP contribution in [0.15, 0.2) is 48.5 Å². The molecule has 4 heteroatoms. The molecule has 210 valence electrons. The van der Waals surface area contributed by atoms with E-state index in [1.54, 1.807) is 6.07 Å². The van der Waals surface area contributed by atoms with Crippen LogP contribution >= 0.6 is 0 Å². The third-order valence-electron chi connectivity index (χ3n) is 8.58. The molecule has 0 saturated heterocycles. The van der Waals surface area contributed by atoms with E-state index in [-0.39, 0.29) is 17.0 Å². The highest BCUT2D eigenvalue weighted by Crippen LogP contribution is 2.55. The van der Waals surface area contributed by atoms with E-state index >= 15 is 0 Å². The first kappa shape index (κ1) is 29.4. The smallest absolute Gasteiger partial charge is 0.169 e. The summed E-state index contributed by atoms with van der Waals surface area (Å²) in [4.78, 5) is 0. The Kier molecular flexibility index (Phi) is 10.3. The first-order chi connectivity index (χ1) is 18.9. The molecule has 0 amide bonds. The van der Waals surface area contributed by atoms with Gasteiger partial charge in [0.2, 0.25) is 0 Å². The Bertz CT molecular complexity index is 1200. The van der Waals surface area contributed by atoms with Crippen LogP contribution in [0, 0.1) is 23.3 Å². The van der Waals surface area contributed by atoms with E-state index in [0.717, 1.165) is 55.2 Å². The standard InChI is InChI=1S/C35H42F4/c1-3-5-7-9-11-15-21-35(22-16-12-10-8-6-4-2)28-18-14-13-17-26(28)27-20-19-25(23-29(27)35)32-33(38)30(36)24-31(37)34(32)39/h13-14,17-20,23-24H,3-12,15-16,21-22H2,1-2H3. The third kappa shape index (κ3) is 6.26. The lowest BCUT2D eigenvalue weighted by Gasteiger charge is -2.33. The van der Waals surface area contributed by atoms with Crippen molar-refractivity contribution >= 4 is 0 Å². The van der Waals surface area contributed by atoms with E-state index in [1.807, 2.05) is 18.2 Å². The molecule has 0 unspecified atom stereocenters. The molecule has 0 aliphatic heterocycles. The molecule has 1 aliphatic rings. The predicted molar refractivity (Wildman–Crippen MR) is 154 cm³/mol. The van der Waals surface area contributed by atoms with Gasteiger partial charge in [0.05, 0.1) is 5.56 Å². The van der Waals surface area contributed by atoms with Crippen LogP contribution in [-0.2, 0) is 5.41 Å². The summed E-state index contributed by atoms with van der Waals surface area (Å²) in [5.41, 5.74) is 3.80. The lowest BCUT2D eigenvalue weighted by Crippen LogP contribution is -2.25. The van der Waals surface area contributed by atoms with Crippen LogP contribution in [-0.4, -0.2) is 0 Å². The van der Waals surface area contributed by atoms with E-state index in [9.17, 15) is 17.6 Å². The lowest BCUT2D eigenvalue weighted by molar-refractivity contribution is 0.398. The minimum Gasteiger partial charge on any atom is -0.204 e. The van der Waals surface area contributed by atoms with Gasteiger partial charge in [-0.3, -0.25) is 0 Å². The van der Waals surface area contributed by atoms with E-state index in [1.165, 1.54) is 56.9 Å². The van der Waals surface area contributed by atoms with Crippen molar-refractivity contribution in [2.24, 2.45) is 0 Å². The van der Waals surface area contributed by atoms with Gasteiger partial charge < -0.3 is 0 Å². The zero-order chi connectivity index (χ0) is 27.8.